The number of thioether (sulfide) groups is 1. The third-order valence-electron chi connectivity index (χ3n) is 4.54. The van der Waals surface area contributed by atoms with Gasteiger partial charge in [0.25, 0.3) is 0 Å². The fourth-order valence-corrected chi connectivity index (χ4v) is 3.73. The van der Waals surface area contributed by atoms with Crippen LogP contribution in [-0.2, 0) is 15.1 Å². The number of carboxylic acids is 1. The van der Waals surface area contributed by atoms with Gasteiger partial charge in [0.15, 0.2) is 5.54 Å². The summed E-state index contributed by atoms with van der Waals surface area (Å²) in [7, 11) is 0. The summed E-state index contributed by atoms with van der Waals surface area (Å²) >= 11 is 1.35. The fourth-order valence-electron chi connectivity index (χ4n) is 2.53. The molecule has 0 saturated heterocycles. The highest BCUT2D eigenvalue weighted by molar-refractivity contribution is 8.14. The highest BCUT2D eigenvalue weighted by Gasteiger charge is 2.39. The molecule has 0 saturated carbocycles. The summed E-state index contributed by atoms with van der Waals surface area (Å²) in [6.45, 7) is 12.7. The van der Waals surface area contributed by atoms with E-state index in [1.807, 2.05) is 19.9 Å². The fraction of sp³-hybridized carbons (Fsp3) is 0.600. The molecule has 0 aromatic heterocycles. The Bertz CT molecular complexity index is 721. The first-order valence-corrected chi connectivity index (χ1v) is 9.76. The van der Waals surface area contributed by atoms with Gasteiger partial charge in [-0.25, -0.2) is 4.79 Å². The van der Waals surface area contributed by atoms with Crippen LogP contribution in [0.3, 0.4) is 0 Å². The zero-order valence-electron chi connectivity index (χ0n) is 16.4. The first-order valence-electron chi connectivity index (χ1n) is 8.78. The molecule has 6 heteroatoms. The molecule has 0 aliphatic carbocycles. The zero-order valence-corrected chi connectivity index (χ0v) is 17.2. The summed E-state index contributed by atoms with van der Waals surface area (Å²) < 4.78 is 6.05. The van der Waals surface area contributed by atoms with Crippen molar-refractivity contribution in [1.82, 2.24) is 0 Å². The number of aliphatic carboxylic acids is 1. The lowest BCUT2D eigenvalue weighted by Crippen LogP contribution is -2.33. The molecule has 2 N–H and O–H groups in total. The van der Waals surface area contributed by atoms with E-state index >= 15 is 0 Å². The molecule has 0 unspecified atom stereocenters. The van der Waals surface area contributed by atoms with Crippen LogP contribution >= 0.6 is 11.8 Å². The third kappa shape index (κ3) is 4.80. The molecule has 1 heterocycles. The Hall–Kier alpha value is -1.53. The molecule has 144 valence electrons. The molecule has 0 spiro atoms. The minimum absolute atomic E-state index is 0.0934. The number of hydrogen-bond acceptors (Lipinski definition) is 5. The van der Waals surface area contributed by atoms with Gasteiger partial charge in [0.1, 0.15) is 10.8 Å². The number of rotatable bonds is 6. The van der Waals surface area contributed by atoms with Gasteiger partial charge in [0, 0.05) is 17.9 Å². The Morgan fingerprint density at radius 3 is 2.46 bits per heavy atom. The minimum atomic E-state index is -1.14. The summed E-state index contributed by atoms with van der Waals surface area (Å²) in [4.78, 5) is 15.7. The van der Waals surface area contributed by atoms with Crippen molar-refractivity contribution in [2.75, 3.05) is 12.4 Å². The number of ether oxygens (including phenoxy) is 1. The highest BCUT2D eigenvalue weighted by Crippen LogP contribution is 2.36. The third-order valence-corrected chi connectivity index (χ3v) is 5.83. The van der Waals surface area contributed by atoms with Crippen LogP contribution in [0.15, 0.2) is 23.2 Å². The van der Waals surface area contributed by atoms with Gasteiger partial charge in [-0.15, -0.1) is 11.8 Å². The lowest BCUT2D eigenvalue weighted by Gasteiger charge is -2.28. The van der Waals surface area contributed by atoms with E-state index in [0.29, 0.717) is 23.0 Å². The number of aromatic hydroxyl groups is 1. The minimum Gasteiger partial charge on any atom is -0.507 e. The molecule has 1 aromatic rings. The normalized spacial score (nSPS) is 20.9. The Morgan fingerprint density at radius 1 is 1.31 bits per heavy atom. The van der Waals surface area contributed by atoms with E-state index in [0.717, 1.165) is 12.0 Å². The summed E-state index contributed by atoms with van der Waals surface area (Å²) in [6.07, 6.45) is 0.946. The molecule has 0 amide bonds. The van der Waals surface area contributed by atoms with E-state index in [-0.39, 0.29) is 11.2 Å². The van der Waals surface area contributed by atoms with Crippen molar-refractivity contribution in [3.63, 3.8) is 0 Å². The Labute approximate surface area is 159 Å². The molecule has 0 bridgehead atoms. The number of hydrogen-bond donors (Lipinski definition) is 2. The second-order valence-corrected chi connectivity index (χ2v) is 9.65. The standard InChI is InChI=1S/C20H29NO4S/c1-18(2,3)9-10-25-19(4,5)13-7-8-14(15(22)11-13)16-21-20(6,12-26-16)17(23)24/h7-8,11,22H,9-10,12H2,1-6H3,(H,23,24)/t20-/m1/s1. The predicted molar refractivity (Wildman–Crippen MR) is 106 cm³/mol. The maximum Gasteiger partial charge on any atom is 0.332 e. The quantitative estimate of drug-likeness (QED) is 0.765. The van der Waals surface area contributed by atoms with Crippen molar-refractivity contribution in [3.05, 3.63) is 29.3 Å². The van der Waals surface area contributed by atoms with Gasteiger partial charge >= 0.3 is 5.97 Å². The molecule has 1 aromatic carbocycles. The van der Waals surface area contributed by atoms with Crippen LogP contribution < -0.4 is 0 Å². The monoisotopic (exact) mass is 379 g/mol. The molecule has 5 nitrogen and oxygen atoms in total. The van der Waals surface area contributed by atoms with Crippen LogP contribution in [0, 0.1) is 5.41 Å². The van der Waals surface area contributed by atoms with Gasteiger partial charge in [-0.1, -0.05) is 26.8 Å². The lowest BCUT2D eigenvalue weighted by atomic mass is 9.92. The molecule has 1 aliphatic heterocycles. The average molecular weight is 380 g/mol. The van der Waals surface area contributed by atoms with E-state index in [2.05, 4.69) is 25.8 Å². The smallest absolute Gasteiger partial charge is 0.332 e. The Kier molecular flexibility index (Phi) is 5.78. The maximum absolute atomic E-state index is 11.3. The first kappa shape index (κ1) is 20.8. The molecule has 26 heavy (non-hydrogen) atoms. The van der Waals surface area contributed by atoms with Crippen molar-refractivity contribution in [1.29, 1.82) is 0 Å². The van der Waals surface area contributed by atoms with Crippen LogP contribution in [-0.4, -0.2) is 39.1 Å². The van der Waals surface area contributed by atoms with E-state index in [4.69, 9.17) is 4.74 Å². The number of aliphatic imine (C=N–C) groups is 1. The van der Waals surface area contributed by atoms with Crippen LogP contribution in [0.1, 0.15) is 59.1 Å². The zero-order chi connectivity index (χ0) is 19.8. The lowest BCUT2D eigenvalue weighted by molar-refractivity contribution is -0.141. The van der Waals surface area contributed by atoms with Gasteiger partial charge in [0.2, 0.25) is 0 Å². The summed E-state index contributed by atoms with van der Waals surface area (Å²) in [5, 5.41) is 20.3. The predicted octanol–water partition coefficient (Wildman–Crippen LogP) is 4.42. The average Bonchev–Trinajstić information content (AvgIpc) is 2.89. The van der Waals surface area contributed by atoms with Crippen LogP contribution in [0.5, 0.6) is 5.75 Å². The van der Waals surface area contributed by atoms with Gasteiger partial charge in [-0.2, -0.15) is 0 Å². The Morgan fingerprint density at radius 2 is 1.96 bits per heavy atom. The number of benzene rings is 1. The molecule has 1 aliphatic rings. The van der Waals surface area contributed by atoms with Crippen LogP contribution in [0.2, 0.25) is 0 Å². The maximum atomic E-state index is 11.3. The van der Waals surface area contributed by atoms with Crippen molar-refractivity contribution in [2.24, 2.45) is 10.4 Å². The van der Waals surface area contributed by atoms with Crippen LogP contribution in [0.4, 0.5) is 0 Å². The number of carboxylic acid groups (broad SMARTS) is 1. The van der Waals surface area contributed by atoms with Crippen molar-refractivity contribution in [2.45, 2.75) is 59.1 Å². The molecular weight excluding hydrogens is 350 g/mol. The number of phenols is 1. The molecular formula is C20H29NO4S. The number of nitrogens with zero attached hydrogens (tertiary/aromatic N) is 1. The largest absolute Gasteiger partial charge is 0.507 e. The van der Waals surface area contributed by atoms with E-state index in [1.54, 1.807) is 19.1 Å². The number of carbonyl (C=O) groups is 1. The second kappa shape index (κ2) is 7.24. The SMILES string of the molecule is CC(C)(C)CCOC(C)(C)c1ccc(C2=N[C@@](C)(C(=O)O)CS2)c(O)c1. The van der Waals surface area contributed by atoms with Crippen molar-refractivity contribution in [3.8, 4) is 5.75 Å². The van der Waals surface area contributed by atoms with Gasteiger partial charge < -0.3 is 14.9 Å². The van der Waals surface area contributed by atoms with Gasteiger partial charge in [-0.05, 0) is 50.3 Å². The molecule has 1 atom stereocenters. The molecule has 0 radical (unpaired) electrons. The molecule has 2 rings (SSSR count). The first-order chi connectivity index (χ1) is 11.8. The highest BCUT2D eigenvalue weighted by atomic mass is 32.2. The van der Waals surface area contributed by atoms with Gasteiger partial charge in [-0.3, -0.25) is 4.99 Å². The summed E-state index contributed by atoms with van der Waals surface area (Å²) in [5.74, 6) is -0.499. The van der Waals surface area contributed by atoms with Gasteiger partial charge in [0.05, 0.1) is 5.60 Å². The van der Waals surface area contributed by atoms with E-state index in [9.17, 15) is 15.0 Å². The summed E-state index contributed by atoms with van der Waals surface area (Å²) in [5.41, 5.74) is -0.0232. The number of phenolic OH excluding ortho intramolecular Hbond substituents is 1. The second-order valence-electron chi connectivity index (χ2n) is 8.69. The van der Waals surface area contributed by atoms with Crippen molar-refractivity contribution >= 4 is 22.8 Å². The molecule has 0 fully saturated rings. The summed E-state index contributed by atoms with van der Waals surface area (Å²) in [6, 6.07) is 5.39. The van der Waals surface area contributed by atoms with E-state index < -0.39 is 17.1 Å². The van der Waals surface area contributed by atoms with Crippen LogP contribution in [0.25, 0.3) is 0 Å². The topological polar surface area (TPSA) is 79.1 Å². The Balaban J connectivity index is 2.18. The van der Waals surface area contributed by atoms with E-state index in [1.165, 1.54) is 11.8 Å². The van der Waals surface area contributed by atoms with Crippen molar-refractivity contribution < 1.29 is 19.7 Å².